The van der Waals surface area contributed by atoms with E-state index in [1.165, 1.54) is 0 Å². The average molecular weight is 1620 g/mol. The van der Waals surface area contributed by atoms with E-state index in [1.807, 2.05) is 0 Å². The van der Waals surface area contributed by atoms with Crippen LogP contribution in [0.3, 0.4) is 0 Å². The number of phosphoric acid groups is 1. The molecule has 0 bridgehead atoms. The van der Waals surface area contributed by atoms with Crippen molar-refractivity contribution in [2.45, 2.75) is 275 Å². The average Bonchev–Trinajstić information content (AvgIpc) is 0.734. The Bertz CT molecular complexity index is 2890. The summed E-state index contributed by atoms with van der Waals surface area (Å²) in [5.74, 6) is -13.0. The van der Waals surface area contributed by atoms with Crippen LogP contribution in [0.5, 0.6) is 0 Å². The minimum Gasteiger partial charge on any atom is -0.477 e. The van der Waals surface area contributed by atoms with Gasteiger partial charge in [0.25, 0.3) is 11.6 Å². The lowest BCUT2D eigenvalue weighted by Crippen LogP contribution is -2.74. The number of aliphatic hydroxyl groups is 27. The summed E-state index contributed by atoms with van der Waals surface area (Å²) in [6.45, 7) is -10.7. The van der Waals surface area contributed by atoms with Crippen molar-refractivity contribution in [2.75, 3.05) is 52.9 Å². The zero-order chi connectivity index (χ0) is 80.6. The first kappa shape index (κ1) is 90.8. The summed E-state index contributed by atoms with van der Waals surface area (Å²) in [5.41, 5.74) is 11.8. The van der Waals surface area contributed by atoms with Crippen LogP contribution in [0.4, 0.5) is 0 Å². The second-order valence-electron chi connectivity index (χ2n) is 26.7. The molecule has 35 N–H and O–H groups in total. The Morgan fingerprint density at radius 3 is 1.46 bits per heavy atom. The standard InChI is InChI=1S/C55H95N2O50P/c56-19-23(70)22(69)17(95-46(19)84)8-93-47-20(57)24(71)41(107-108(89,90)91)18(97-47)9-94-54(52(85)86)1-15(104-55(53(87)88)45(83)31(78)30(77)38(106-55)11(64)3-59)42(40(105-54)13(66)5-61)101-51-35(82)43(44(39(100-51)12(65)4-60)103-49-33(80)25(72)21(68)16(6-62)96-49)102-50-34(81)27(74)29(76)37(99-50)14(67)7-92-48-32(79)26(73)28(75)36(98-48)10(63)2-58/h10-51,58-84H,1-9,56-57H2,(H,85,86)(H,87,88)(H2,89,90,91)/t10-,11+,12-,13+,14-,15+,16+,17+,18+,19+,20+,21+,22+,23+,24+,25-,26-,27-,28-,29-,30+,31-,32-,33+,34-,35-,36+,37+,38+,39+,40+,41+,42+,43+,44+,45-,46-,47+,48-,49-,50+,51+,54+,55+/m0/s1. The molecule has 8 heterocycles. The molecule has 53 heteroatoms. The lowest BCUT2D eigenvalue weighted by molar-refractivity contribution is -0.421. The fraction of sp³-hybridized carbons (Fsp3) is 0.964. The predicted molar refractivity (Wildman–Crippen MR) is 321 cm³/mol. The molecule has 8 aliphatic heterocycles. The van der Waals surface area contributed by atoms with Crippen molar-refractivity contribution in [3.63, 3.8) is 0 Å². The van der Waals surface area contributed by atoms with Gasteiger partial charge in [0.2, 0.25) is 0 Å². The topological polar surface area (TPSA) is 878 Å². The molecule has 0 radical (unpaired) electrons. The fourth-order valence-electron chi connectivity index (χ4n) is 13.2. The van der Waals surface area contributed by atoms with Gasteiger partial charge in [-0.05, 0) is 0 Å². The molecule has 44 atom stereocenters. The van der Waals surface area contributed by atoms with E-state index in [0.717, 1.165) is 0 Å². The van der Waals surface area contributed by atoms with E-state index < -0.39 is 348 Å². The Kier molecular flexibility index (Phi) is 31.5. The molecule has 52 nitrogen and oxygen atoms in total. The van der Waals surface area contributed by atoms with Crippen LogP contribution in [0.25, 0.3) is 0 Å². The third-order valence-electron chi connectivity index (χ3n) is 19.4. The highest BCUT2D eigenvalue weighted by Gasteiger charge is 2.67. The van der Waals surface area contributed by atoms with Crippen LogP contribution in [-0.2, 0) is 89.7 Å². The number of aliphatic carboxylic acids is 2. The number of hydrogen-bond donors (Lipinski definition) is 33. The van der Waals surface area contributed by atoms with Crippen molar-refractivity contribution in [1.29, 1.82) is 0 Å². The summed E-state index contributed by atoms with van der Waals surface area (Å²) in [5, 5.41) is 317. The van der Waals surface area contributed by atoms with Gasteiger partial charge in [-0.2, -0.15) is 0 Å². The van der Waals surface area contributed by atoms with Crippen LogP contribution in [0.15, 0.2) is 0 Å². The highest BCUT2D eigenvalue weighted by atomic mass is 31.2. The number of aliphatic hydroxyl groups excluding tert-OH is 27. The number of carboxylic acid groups (broad SMARTS) is 2. The van der Waals surface area contributed by atoms with Crippen LogP contribution in [-0.4, -0.2) is 492 Å². The second kappa shape index (κ2) is 37.5. The van der Waals surface area contributed by atoms with E-state index in [1.54, 1.807) is 0 Å². The summed E-state index contributed by atoms with van der Waals surface area (Å²) in [7, 11) is -5.87. The Morgan fingerprint density at radius 2 is 0.898 bits per heavy atom. The highest BCUT2D eigenvalue weighted by molar-refractivity contribution is 7.46. The van der Waals surface area contributed by atoms with Crippen LogP contribution in [0, 0.1) is 0 Å². The number of nitrogens with two attached hydrogens (primary N) is 2. The van der Waals surface area contributed by atoms with Crippen molar-refractivity contribution in [3.8, 4) is 0 Å². The molecule has 0 aromatic carbocycles. The molecule has 0 unspecified atom stereocenters. The molecule has 630 valence electrons. The number of carboxylic acids is 2. The molecule has 0 aromatic heterocycles. The lowest BCUT2D eigenvalue weighted by Gasteiger charge is -2.53. The van der Waals surface area contributed by atoms with E-state index in [-0.39, 0.29) is 0 Å². The van der Waals surface area contributed by atoms with Gasteiger partial charge in [-0.3, -0.25) is 4.52 Å². The summed E-state index contributed by atoms with van der Waals surface area (Å²) in [6.07, 6.45) is -98.9. The minimum absolute atomic E-state index is 0.953. The summed E-state index contributed by atoms with van der Waals surface area (Å²) in [6, 6.07) is -3.57. The molecule has 0 saturated carbocycles. The SMILES string of the molecule is N[C@@H]1[C@@H](O)[C@H](O)[C@@H](CO[C@@H]2O[C@H](CO[C@]3(C(=O)O)C[C@@H](O[C@@]4(C(=O)O)O[C@H]([C@H](O)CO)[C@H](O)[C@H](O)[C@@H]4O)[C@@H](O[C@H]4O[C@H]([C@@H](O)CO)[C@@H](O[C@@H]5O[C@H](CO)[C@@H](O)[C@H](O)[C@H]5O)[C@H](O[C@H]5O[C@H]([C@@H](O)CO[C@H]6O[C@H]([C@@H](O)CO)[C@@H](O)[C@H](O)[C@@H]6O)[C@@H](O)[C@H](O)[C@@H]5O)[C@@H]4O)[C@@H]([C@H](O)CO)O3)[C@@H](OP(=O)(O)O)[C@H](O)[C@H]2N)O[C@@H]1O. The van der Waals surface area contributed by atoms with Gasteiger partial charge in [0.1, 0.15) is 201 Å². The Balaban J connectivity index is 1.21. The molecule has 8 fully saturated rings. The van der Waals surface area contributed by atoms with Gasteiger partial charge in [0.15, 0.2) is 37.7 Å². The van der Waals surface area contributed by atoms with Gasteiger partial charge < -0.3 is 240 Å². The number of rotatable bonds is 31. The van der Waals surface area contributed by atoms with E-state index >= 15 is 0 Å². The van der Waals surface area contributed by atoms with Crippen molar-refractivity contribution in [2.24, 2.45) is 11.5 Å². The Morgan fingerprint density at radius 1 is 0.426 bits per heavy atom. The van der Waals surface area contributed by atoms with Gasteiger partial charge in [0.05, 0.1) is 71.0 Å². The first-order valence-electron chi connectivity index (χ1n) is 33.0. The quantitative estimate of drug-likeness (QED) is 0.0287. The first-order chi connectivity index (χ1) is 50.5. The van der Waals surface area contributed by atoms with Gasteiger partial charge in [-0.15, -0.1) is 0 Å². The monoisotopic (exact) mass is 1610 g/mol. The van der Waals surface area contributed by atoms with Crippen molar-refractivity contribution >= 4 is 19.8 Å². The van der Waals surface area contributed by atoms with Crippen molar-refractivity contribution in [3.05, 3.63) is 0 Å². The van der Waals surface area contributed by atoms with Gasteiger partial charge >= 0.3 is 19.8 Å². The number of hydrogen-bond acceptors (Lipinski definition) is 48. The first-order valence-corrected chi connectivity index (χ1v) is 34.6. The molecule has 0 aliphatic carbocycles. The third-order valence-corrected chi connectivity index (χ3v) is 19.9. The zero-order valence-corrected chi connectivity index (χ0v) is 56.7. The van der Waals surface area contributed by atoms with Crippen LogP contribution < -0.4 is 11.5 Å². The minimum atomic E-state index is -5.87. The molecule has 0 spiro atoms. The lowest BCUT2D eigenvalue weighted by atomic mass is 9.88. The smallest absolute Gasteiger partial charge is 0.470 e. The Hall–Kier alpha value is -2.71. The van der Waals surface area contributed by atoms with Crippen LogP contribution in [0.1, 0.15) is 6.42 Å². The third kappa shape index (κ3) is 19.0. The van der Waals surface area contributed by atoms with Crippen molar-refractivity contribution in [1.82, 2.24) is 0 Å². The van der Waals surface area contributed by atoms with E-state index in [4.69, 9.17) is 87.0 Å². The number of carbonyl (C=O) groups is 2. The molecule has 8 aliphatic rings. The van der Waals surface area contributed by atoms with Crippen LogP contribution >= 0.6 is 7.82 Å². The van der Waals surface area contributed by atoms with E-state index in [9.17, 15) is 172 Å². The number of ether oxygens (including phenoxy) is 15. The predicted octanol–water partition coefficient (Wildman–Crippen LogP) is -21.7. The summed E-state index contributed by atoms with van der Waals surface area (Å²) < 4.78 is 103. The largest absolute Gasteiger partial charge is 0.477 e. The molecule has 8 rings (SSSR count). The van der Waals surface area contributed by atoms with Gasteiger partial charge in [0, 0.05) is 6.42 Å². The Labute approximate surface area is 605 Å². The molecule has 0 aromatic rings. The number of phosphoric ester groups is 1. The van der Waals surface area contributed by atoms with Crippen molar-refractivity contribution < 1.29 is 248 Å². The molecule has 108 heavy (non-hydrogen) atoms. The fourth-order valence-corrected chi connectivity index (χ4v) is 13.8. The van der Waals surface area contributed by atoms with Gasteiger partial charge in [-0.25, -0.2) is 14.2 Å². The summed E-state index contributed by atoms with van der Waals surface area (Å²) >= 11 is 0. The maximum atomic E-state index is 14.1. The maximum absolute atomic E-state index is 14.1. The molecular formula is C55H95N2O50P. The normalized spacial score (nSPS) is 48.6. The molecular weight excluding hydrogens is 1520 g/mol. The second-order valence-corrected chi connectivity index (χ2v) is 27.9. The van der Waals surface area contributed by atoms with E-state index in [0.29, 0.717) is 0 Å². The van der Waals surface area contributed by atoms with Gasteiger partial charge in [-0.1, -0.05) is 0 Å². The molecule has 8 saturated heterocycles. The summed E-state index contributed by atoms with van der Waals surface area (Å²) in [4.78, 5) is 47.9. The highest BCUT2D eigenvalue weighted by Crippen LogP contribution is 2.46. The maximum Gasteiger partial charge on any atom is 0.470 e. The zero-order valence-electron chi connectivity index (χ0n) is 55.8. The van der Waals surface area contributed by atoms with E-state index in [2.05, 4.69) is 0 Å². The molecule has 0 amide bonds. The van der Waals surface area contributed by atoms with Crippen LogP contribution in [0.2, 0.25) is 0 Å².